The van der Waals surface area contributed by atoms with Crippen molar-refractivity contribution in [3.05, 3.63) is 41.5 Å². The van der Waals surface area contributed by atoms with Crippen molar-refractivity contribution in [1.29, 1.82) is 0 Å². The highest BCUT2D eigenvalue weighted by atomic mass is 19.4. The highest BCUT2D eigenvalue weighted by Gasteiger charge is 2.34. The van der Waals surface area contributed by atoms with Crippen molar-refractivity contribution in [2.24, 2.45) is 7.05 Å². The Morgan fingerprint density at radius 3 is 2.47 bits per heavy atom. The molecule has 0 saturated heterocycles. The average Bonchev–Trinajstić information content (AvgIpc) is 2.71. The average molecular weight is 272 g/mol. The van der Waals surface area contributed by atoms with Gasteiger partial charge in [-0.25, -0.2) is 9.37 Å². The van der Waals surface area contributed by atoms with Crippen LogP contribution >= 0.6 is 0 Å². The lowest BCUT2D eigenvalue weighted by Gasteiger charge is -2.02. The van der Waals surface area contributed by atoms with Gasteiger partial charge in [0.15, 0.2) is 12.0 Å². The van der Waals surface area contributed by atoms with E-state index in [-0.39, 0.29) is 17.0 Å². The molecule has 0 aliphatic heterocycles. The molecule has 2 rings (SSSR count). The number of hydrogen-bond acceptors (Lipinski definition) is 2. The SMILES string of the molecule is Cn1cc(C(F)(F)F)nc1-c1ccc(C=O)c(F)c1. The fourth-order valence-electron chi connectivity index (χ4n) is 1.63. The quantitative estimate of drug-likeness (QED) is 0.622. The first kappa shape index (κ1) is 13.3. The summed E-state index contributed by atoms with van der Waals surface area (Å²) in [6.07, 6.45) is -3.41. The van der Waals surface area contributed by atoms with Gasteiger partial charge in [0.05, 0.1) is 5.56 Å². The molecular weight excluding hydrogens is 264 g/mol. The van der Waals surface area contributed by atoms with Crippen molar-refractivity contribution in [3.63, 3.8) is 0 Å². The lowest BCUT2D eigenvalue weighted by Crippen LogP contribution is -2.04. The van der Waals surface area contributed by atoms with Gasteiger partial charge in [-0.3, -0.25) is 4.79 Å². The minimum absolute atomic E-state index is 0.0244. The minimum atomic E-state index is -4.56. The molecule has 0 bridgehead atoms. The molecule has 1 heterocycles. The van der Waals surface area contributed by atoms with Crippen LogP contribution in [0, 0.1) is 5.82 Å². The third-order valence-electron chi connectivity index (χ3n) is 2.55. The van der Waals surface area contributed by atoms with Crippen molar-refractivity contribution in [2.75, 3.05) is 0 Å². The summed E-state index contributed by atoms with van der Waals surface area (Å²) >= 11 is 0. The Balaban J connectivity index is 2.50. The van der Waals surface area contributed by atoms with Crippen LogP contribution in [0.25, 0.3) is 11.4 Å². The second kappa shape index (κ2) is 4.49. The first-order valence-electron chi connectivity index (χ1n) is 5.18. The molecule has 0 spiro atoms. The molecule has 1 aromatic heterocycles. The van der Waals surface area contributed by atoms with E-state index >= 15 is 0 Å². The van der Waals surface area contributed by atoms with E-state index in [1.54, 1.807) is 0 Å². The molecular formula is C12H8F4N2O. The normalized spacial score (nSPS) is 11.6. The maximum atomic E-state index is 13.4. The third kappa shape index (κ3) is 2.49. The van der Waals surface area contributed by atoms with Gasteiger partial charge in [-0.1, -0.05) is 6.07 Å². The molecule has 7 heteroatoms. The predicted molar refractivity (Wildman–Crippen MR) is 59.0 cm³/mol. The van der Waals surface area contributed by atoms with Crippen LogP contribution < -0.4 is 0 Å². The highest BCUT2D eigenvalue weighted by molar-refractivity contribution is 5.76. The van der Waals surface area contributed by atoms with Gasteiger partial charge in [0.1, 0.15) is 11.6 Å². The number of rotatable bonds is 2. The molecule has 0 saturated carbocycles. The van der Waals surface area contributed by atoms with Gasteiger partial charge in [0.2, 0.25) is 0 Å². The number of aryl methyl sites for hydroxylation is 1. The molecule has 3 nitrogen and oxygen atoms in total. The topological polar surface area (TPSA) is 34.9 Å². The summed E-state index contributed by atoms with van der Waals surface area (Å²) in [5.41, 5.74) is -1.04. The van der Waals surface area contributed by atoms with Gasteiger partial charge in [-0.2, -0.15) is 13.2 Å². The van der Waals surface area contributed by atoms with E-state index in [9.17, 15) is 22.4 Å². The summed E-state index contributed by atoms with van der Waals surface area (Å²) in [6, 6.07) is 3.52. The lowest BCUT2D eigenvalue weighted by atomic mass is 10.1. The van der Waals surface area contributed by atoms with Crippen LogP contribution in [0.4, 0.5) is 17.6 Å². The van der Waals surface area contributed by atoms with Crippen LogP contribution in [-0.2, 0) is 13.2 Å². The van der Waals surface area contributed by atoms with E-state index in [2.05, 4.69) is 4.98 Å². The number of aldehydes is 1. The summed E-state index contributed by atoms with van der Waals surface area (Å²) in [5.74, 6) is -0.826. The number of aromatic nitrogens is 2. The molecule has 19 heavy (non-hydrogen) atoms. The molecule has 0 fully saturated rings. The summed E-state index contributed by atoms with van der Waals surface area (Å²) in [7, 11) is 1.38. The number of nitrogens with zero attached hydrogens (tertiary/aromatic N) is 2. The largest absolute Gasteiger partial charge is 0.434 e. The zero-order chi connectivity index (χ0) is 14.2. The molecule has 0 amide bonds. The number of imidazole rings is 1. The molecule has 0 aliphatic rings. The van der Waals surface area contributed by atoms with Gasteiger partial charge >= 0.3 is 6.18 Å². The molecule has 0 N–H and O–H groups in total. The Morgan fingerprint density at radius 2 is 2.00 bits per heavy atom. The van der Waals surface area contributed by atoms with Gasteiger partial charge in [0.25, 0.3) is 0 Å². The van der Waals surface area contributed by atoms with E-state index in [1.807, 2.05) is 0 Å². The number of halogens is 4. The Morgan fingerprint density at radius 1 is 1.32 bits per heavy atom. The number of benzene rings is 1. The number of hydrogen-bond donors (Lipinski definition) is 0. The van der Waals surface area contributed by atoms with Crippen molar-refractivity contribution in [2.45, 2.75) is 6.18 Å². The summed E-state index contributed by atoms with van der Waals surface area (Å²) < 4.78 is 52.1. The zero-order valence-electron chi connectivity index (χ0n) is 9.70. The second-order valence-corrected chi connectivity index (χ2v) is 3.91. The van der Waals surface area contributed by atoms with Crippen LogP contribution in [0.15, 0.2) is 24.4 Å². The van der Waals surface area contributed by atoms with E-state index in [4.69, 9.17) is 0 Å². The molecule has 1 aromatic carbocycles. The summed E-state index contributed by atoms with van der Waals surface area (Å²) in [6.45, 7) is 0. The van der Waals surface area contributed by atoms with Gasteiger partial charge < -0.3 is 4.57 Å². The second-order valence-electron chi connectivity index (χ2n) is 3.91. The number of carbonyl (C=O) groups excluding carboxylic acids is 1. The summed E-state index contributed by atoms with van der Waals surface area (Å²) in [4.78, 5) is 13.9. The lowest BCUT2D eigenvalue weighted by molar-refractivity contribution is -0.140. The molecule has 0 atom stereocenters. The predicted octanol–water partition coefficient (Wildman–Crippen LogP) is 3.06. The number of carbonyl (C=O) groups is 1. The van der Waals surface area contributed by atoms with Crippen molar-refractivity contribution >= 4 is 6.29 Å². The number of alkyl halides is 3. The fourth-order valence-corrected chi connectivity index (χ4v) is 1.63. The smallest absolute Gasteiger partial charge is 0.333 e. The molecule has 100 valence electrons. The highest BCUT2D eigenvalue weighted by Crippen LogP contribution is 2.30. The van der Waals surface area contributed by atoms with Crippen molar-refractivity contribution < 1.29 is 22.4 Å². The third-order valence-corrected chi connectivity index (χ3v) is 2.55. The maximum Gasteiger partial charge on any atom is 0.434 e. The van der Waals surface area contributed by atoms with Gasteiger partial charge in [-0.15, -0.1) is 0 Å². The minimum Gasteiger partial charge on any atom is -0.333 e. The maximum absolute atomic E-state index is 13.4. The van der Waals surface area contributed by atoms with E-state index in [0.29, 0.717) is 6.29 Å². The molecule has 0 unspecified atom stereocenters. The molecule has 0 radical (unpaired) electrons. The van der Waals surface area contributed by atoms with Crippen LogP contribution in [0.3, 0.4) is 0 Å². The standard InChI is InChI=1S/C12H8F4N2O/c1-18-5-10(12(14,15)16)17-11(18)7-2-3-8(6-19)9(13)4-7/h2-6H,1H3. The van der Waals surface area contributed by atoms with Crippen LogP contribution in [-0.4, -0.2) is 15.8 Å². The summed E-state index contributed by atoms with van der Waals surface area (Å²) in [5, 5.41) is 0. The van der Waals surface area contributed by atoms with E-state index in [1.165, 1.54) is 19.2 Å². The van der Waals surface area contributed by atoms with Gasteiger partial charge in [0, 0.05) is 18.8 Å². The van der Waals surface area contributed by atoms with Crippen molar-refractivity contribution in [3.8, 4) is 11.4 Å². The Hall–Kier alpha value is -2.18. The first-order valence-corrected chi connectivity index (χ1v) is 5.18. The van der Waals surface area contributed by atoms with Gasteiger partial charge in [-0.05, 0) is 12.1 Å². The Labute approximate surface area is 105 Å². The molecule has 0 aliphatic carbocycles. The zero-order valence-corrected chi connectivity index (χ0v) is 9.70. The van der Waals surface area contributed by atoms with Crippen molar-refractivity contribution in [1.82, 2.24) is 9.55 Å². The Kier molecular flexibility index (Phi) is 3.13. The first-order chi connectivity index (χ1) is 8.82. The van der Waals surface area contributed by atoms with Crippen LogP contribution in [0.5, 0.6) is 0 Å². The monoisotopic (exact) mass is 272 g/mol. The van der Waals surface area contributed by atoms with Crippen LogP contribution in [0.2, 0.25) is 0 Å². The molecule has 2 aromatic rings. The van der Waals surface area contributed by atoms with E-state index in [0.717, 1.165) is 16.8 Å². The fraction of sp³-hybridized carbons (Fsp3) is 0.167. The Bertz CT molecular complexity index is 631. The van der Waals surface area contributed by atoms with E-state index < -0.39 is 17.7 Å². The van der Waals surface area contributed by atoms with Crippen LogP contribution in [0.1, 0.15) is 16.1 Å².